The Balaban J connectivity index is 2.14. The van der Waals surface area contributed by atoms with Crippen molar-refractivity contribution in [3.63, 3.8) is 0 Å². The van der Waals surface area contributed by atoms with Gasteiger partial charge in [-0.15, -0.1) is 0 Å². The highest BCUT2D eigenvalue weighted by Crippen LogP contribution is 2.28. The molecule has 0 spiro atoms. The Morgan fingerprint density at radius 3 is 2.90 bits per heavy atom. The quantitative estimate of drug-likeness (QED) is 0.380. The van der Waals surface area contributed by atoms with E-state index in [4.69, 9.17) is 5.21 Å². The van der Waals surface area contributed by atoms with Crippen LogP contribution in [0.5, 0.6) is 0 Å². The largest absolute Gasteiger partial charge is 0.427 e. The Labute approximate surface area is 119 Å². The maximum Gasteiger partial charge on any atom is 0.270 e. The Morgan fingerprint density at radius 2 is 2.19 bits per heavy atom. The van der Waals surface area contributed by atoms with Gasteiger partial charge in [0.2, 0.25) is 0 Å². The zero-order valence-corrected chi connectivity index (χ0v) is 10.9. The summed E-state index contributed by atoms with van der Waals surface area (Å²) in [6.45, 7) is 0. The molecule has 0 aliphatic heterocycles. The van der Waals surface area contributed by atoms with E-state index < -0.39 is 4.92 Å². The van der Waals surface area contributed by atoms with E-state index in [2.05, 4.69) is 10.1 Å². The van der Waals surface area contributed by atoms with Gasteiger partial charge in [-0.2, -0.15) is 4.73 Å². The molecule has 3 rings (SSSR count). The maximum absolute atomic E-state index is 10.8. The number of hydrogen-bond donors (Lipinski definition) is 2. The van der Waals surface area contributed by atoms with Crippen molar-refractivity contribution in [2.24, 2.45) is 5.16 Å². The van der Waals surface area contributed by atoms with Crippen molar-refractivity contribution in [1.82, 2.24) is 9.71 Å². The molecule has 8 nitrogen and oxygen atoms in total. The van der Waals surface area contributed by atoms with E-state index in [0.29, 0.717) is 35.5 Å². The van der Waals surface area contributed by atoms with Gasteiger partial charge >= 0.3 is 0 Å². The van der Waals surface area contributed by atoms with Gasteiger partial charge in [-0.1, -0.05) is 17.3 Å². The molecule has 0 saturated carbocycles. The summed E-state index contributed by atoms with van der Waals surface area (Å²) in [5, 5.41) is 33.2. The number of nitro groups is 1. The predicted molar refractivity (Wildman–Crippen MR) is 72.8 cm³/mol. The van der Waals surface area contributed by atoms with E-state index in [0.717, 1.165) is 11.2 Å². The lowest BCUT2D eigenvalue weighted by Gasteiger charge is -2.11. The van der Waals surface area contributed by atoms with Gasteiger partial charge in [-0.3, -0.25) is 10.1 Å². The van der Waals surface area contributed by atoms with Crippen molar-refractivity contribution >= 4 is 11.4 Å². The molecule has 0 atom stereocenters. The maximum atomic E-state index is 10.8. The summed E-state index contributed by atoms with van der Waals surface area (Å²) in [6.07, 6.45) is 1.93. The number of non-ortho nitro benzene ring substituents is 1. The molecule has 1 heterocycles. The van der Waals surface area contributed by atoms with E-state index in [1.807, 2.05) is 0 Å². The Morgan fingerprint density at radius 1 is 1.38 bits per heavy atom. The Bertz CT molecular complexity index is 751. The van der Waals surface area contributed by atoms with Gasteiger partial charge in [0.1, 0.15) is 11.4 Å². The number of nitrogens with zero attached hydrogens (tertiary/aromatic N) is 4. The molecular weight excluding hydrogens is 276 g/mol. The van der Waals surface area contributed by atoms with Crippen molar-refractivity contribution < 1.29 is 15.3 Å². The molecule has 8 heteroatoms. The normalized spacial score (nSPS) is 15.9. The van der Waals surface area contributed by atoms with E-state index in [1.165, 1.54) is 18.2 Å². The number of fused-ring (bicyclic) bond motifs is 1. The average Bonchev–Trinajstić information content (AvgIpc) is 2.85. The molecule has 0 radical (unpaired) electrons. The number of hydrogen-bond acceptors (Lipinski definition) is 6. The van der Waals surface area contributed by atoms with Crippen molar-refractivity contribution in [3.8, 4) is 11.4 Å². The summed E-state index contributed by atoms with van der Waals surface area (Å²) >= 11 is 0. The first kappa shape index (κ1) is 13.1. The van der Waals surface area contributed by atoms with Crippen molar-refractivity contribution in [2.45, 2.75) is 19.3 Å². The summed E-state index contributed by atoms with van der Waals surface area (Å²) in [5.74, 6) is 0.201. The van der Waals surface area contributed by atoms with Crippen LogP contribution in [0.2, 0.25) is 0 Å². The monoisotopic (exact) mass is 288 g/mol. The minimum Gasteiger partial charge on any atom is -0.427 e. The number of imidazole rings is 1. The molecule has 0 saturated heterocycles. The topological polar surface area (TPSA) is 114 Å². The van der Waals surface area contributed by atoms with Gasteiger partial charge in [0.25, 0.3) is 5.69 Å². The highest BCUT2D eigenvalue weighted by atomic mass is 16.6. The molecule has 108 valence electrons. The smallest absolute Gasteiger partial charge is 0.270 e. The van der Waals surface area contributed by atoms with Crippen LogP contribution >= 0.6 is 0 Å². The Kier molecular flexibility index (Phi) is 3.05. The lowest BCUT2D eigenvalue weighted by atomic mass is 9.99. The highest BCUT2D eigenvalue weighted by Gasteiger charge is 2.26. The lowest BCUT2D eigenvalue weighted by Crippen LogP contribution is -2.13. The first-order valence-electron chi connectivity index (χ1n) is 6.39. The molecule has 1 aliphatic rings. The summed E-state index contributed by atoms with van der Waals surface area (Å²) < 4.78 is 0.915. The van der Waals surface area contributed by atoms with Crippen molar-refractivity contribution in [1.29, 1.82) is 0 Å². The number of nitro benzene ring substituents is 1. The van der Waals surface area contributed by atoms with Crippen LogP contribution in [-0.2, 0) is 6.42 Å². The molecule has 2 aromatic rings. The average molecular weight is 288 g/mol. The second-order valence-electron chi connectivity index (χ2n) is 4.75. The molecule has 2 N–H and O–H groups in total. The minimum atomic E-state index is -0.505. The number of rotatable bonds is 2. The molecule has 1 aromatic heterocycles. The van der Waals surface area contributed by atoms with Crippen LogP contribution in [0.15, 0.2) is 29.4 Å². The van der Waals surface area contributed by atoms with Crippen molar-refractivity contribution in [3.05, 3.63) is 45.8 Å². The number of oxime groups is 1. The molecule has 1 aromatic carbocycles. The van der Waals surface area contributed by atoms with E-state index in [1.54, 1.807) is 6.07 Å². The zero-order valence-electron chi connectivity index (χ0n) is 10.9. The second-order valence-corrected chi connectivity index (χ2v) is 4.75. The van der Waals surface area contributed by atoms with Gasteiger partial charge in [0.15, 0.2) is 5.82 Å². The first-order valence-corrected chi connectivity index (χ1v) is 6.39. The third kappa shape index (κ3) is 2.10. The zero-order chi connectivity index (χ0) is 15.0. The number of aromatic nitrogens is 2. The van der Waals surface area contributed by atoms with Crippen LogP contribution in [0.1, 0.15) is 24.2 Å². The Hall–Kier alpha value is -2.90. The molecule has 21 heavy (non-hydrogen) atoms. The van der Waals surface area contributed by atoms with Gasteiger partial charge in [-0.25, -0.2) is 4.98 Å². The van der Waals surface area contributed by atoms with Crippen LogP contribution in [-0.4, -0.2) is 30.8 Å². The van der Waals surface area contributed by atoms with Gasteiger partial charge in [0, 0.05) is 17.7 Å². The summed E-state index contributed by atoms with van der Waals surface area (Å²) in [7, 11) is 0. The minimum absolute atomic E-state index is 0.0791. The summed E-state index contributed by atoms with van der Waals surface area (Å²) in [6, 6.07) is 5.87. The van der Waals surface area contributed by atoms with Crippen LogP contribution in [0.4, 0.5) is 5.69 Å². The fourth-order valence-corrected chi connectivity index (χ4v) is 2.49. The van der Waals surface area contributed by atoms with E-state index >= 15 is 0 Å². The van der Waals surface area contributed by atoms with Gasteiger partial charge in [-0.05, 0) is 19.3 Å². The van der Waals surface area contributed by atoms with Crippen LogP contribution in [0, 0.1) is 10.1 Å². The predicted octanol–water partition coefficient (Wildman–Crippen LogP) is 2.21. The summed E-state index contributed by atoms with van der Waals surface area (Å²) in [5.41, 5.74) is 1.75. The third-order valence-electron chi connectivity index (χ3n) is 3.48. The summed E-state index contributed by atoms with van der Waals surface area (Å²) in [4.78, 5) is 14.6. The standard InChI is InChI=1S/C13H12N4O4/c18-15-10-5-2-6-11-12(10)14-13(16(11)19)8-3-1-4-9(7-8)17(20)21/h1,3-4,7,18-19H,2,5-6H2/b15-10-. The van der Waals surface area contributed by atoms with Crippen LogP contribution < -0.4 is 0 Å². The first-order chi connectivity index (χ1) is 10.1. The molecule has 0 amide bonds. The lowest BCUT2D eigenvalue weighted by molar-refractivity contribution is -0.384. The van der Waals surface area contributed by atoms with Crippen LogP contribution in [0.25, 0.3) is 11.4 Å². The van der Waals surface area contributed by atoms with Crippen LogP contribution in [0.3, 0.4) is 0 Å². The van der Waals surface area contributed by atoms with Gasteiger partial charge < -0.3 is 10.4 Å². The molecule has 0 bridgehead atoms. The van der Waals surface area contributed by atoms with Crippen molar-refractivity contribution in [2.75, 3.05) is 0 Å². The number of benzene rings is 1. The molecule has 1 aliphatic carbocycles. The molecule has 0 unspecified atom stereocenters. The fraction of sp³-hybridized carbons (Fsp3) is 0.231. The highest BCUT2D eigenvalue weighted by molar-refractivity contribution is 6.01. The SMILES string of the molecule is O=[N+]([O-])c1cccc(-c2nc3c(n2O)CCC/C3=N/O)c1. The third-order valence-corrected chi connectivity index (χ3v) is 3.48. The van der Waals surface area contributed by atoms with Gasteiger partial charge in [0.05, 0.1) is 10.6 Å². The molecule has 0 fully saturated rings. The fourth-order valence-electron chi connectivity index (χ4n) is 2.49. The van der Waals surface area contributed by atoms with E-state index in [9.17, 15) is 15.3 Å². The second kappa shape index (κ2) is 4.89. The van der Waals surface area contributed by atoms with E-state index in [-0.39, 0.29) is 11.5 Å². The molecular formula is C13H12N4O4.